The van der Waals surface area contributed by atoms with Crippen molar-refractivity contribution in [2.24, 2.45) is 0 Å². The first-order chi connectivity index (χ1) is 10.1. The summed E-state index contributed by atoms with van der Waals surface area (Å²) in [5.41, 5.74) is 0. The van der Waals surface area contributed by atoms with Gasteiger partial charge in [0.25, 0.3) is 0 Å². The summed E-state index contributed by atoms with van der Waals surface area (Å²) in [4.78, 5) is 0. The minimum absolute atomic E-state index is 0. The Morgan fingerprint density at radius 1 is 0.458 bits per heavy atom. The summed E-state index contributed by atoms with van der Waals surface area (Å²) in [6.45, 7) is 3.63. The third kappa shape index (κ3) is 30.7. The third-order valence-corrected chi connectivity index (χ3v) is 4.43. The lowest BCUT2D eigenvalue weighted by molar-refractivity contribution is -0.870. The Kier molecular flexibility index (Phi) is 32.4. The number of unbranched alkanes of at least 4 members (excludes halogenated alkanes) is 14. The summed E-state index contributed by atoms with van der Waals surface area (Å²) in [7, 11) is 6.89. The summed E-state index contributed by atoms with van der Waals surface area (Å²) in [6.07, 6.45) is 21.9. The van der Waals surface area contributed by atoms with E-state index in [0.717, 1.165) is 4.48 Å². The Bertz CT molecular complexity index is 206. The topological polar surface area (TPSA) is 36.5 Å². The van der Waals surface area contributed by atoms with Crippen LogP contribution in [0.2, 0.25) is 0 Å². The summed E-state index contributed by atoms with van der Waals surface area (Å²) in [5, 5.41) is 0. The number of quaternary nitrogens is 2. The molecule has 0 aromatic heterocycles. The van der Waals surface area contributed by atoms with Gasteiger partial charge in [-0.2, -0.15) is 0 Å². The van der Waals surface area contributed by atoms with Crippen molar-refractivity contribution < 1.29 is 38.4 Å². The average molecular weight is 476 g/mol. The maximum atomic E-state index is 2.30. The van der Waals surface area contributed by atoms with E-state index in [9.17, 15) is 0 Å². The molecule has 0 bridgehead atoms. The molecule has 0 atom stereocenters. The predicted octanol–water partition coefficient (Wildman–Crippen LogP) is 0.948. The smallest absolute Gasteiger partial charge is 0.0780 e. The van der Waals surface area contributed by atoms with Gasteiger partial charge in [-0.3, -0.25) is 0 Å². The van der Waals surface area contributed by atoms with Gasteiger partial charge >= 0.3 is 0 Å². The monoisotopic (exact) mass is 474 g/mol. The van der Waals surface area contributed by atoms with Crippen molar-refractivity contribution in [3.05, 3.63) is 0 Å². The predicted molar refractivity (Wildman–Crippen MR) is 104 cm³/mol. The van der Waals surface area contributed by atoms with E-state index in [2.05, 4.69) is 28.1 Å². The minimum Gasteiger partial charge on any atom is -1.00 e. The van der Waals surface area contributed by atoms with E-state index in [1.165, 1.54) is 103 Å². The SMILES string of the molecule is CCCCCCCCCCCCCCCCC[N+](C)(C)C.[Br-].[Br-].[NH4+]. The van der Waals surface area contributed by atoms with E-state index in [1.807, 2.05) is 0 Å². The zero-order chi connectivity index (χ0) is 15.8. The molecule has 0 heterocycles. The zero-order valence-electron chi connectivity index (χ0n) is 17.5. The molecule has 0 saturated heterocycles. The van der Waals surface area contributed by atoms with Crippen LogP contribution in [0.15, 0.2) is 0 Å². The summed E-state index contributed by atoms with van der Waals surface area (Å²) < 4.78 is 1.12. The maximum Gasteiger partial charge on any atom is 0.0780 e. The van der Waals surface area contributed by atoms with E-state index in [0.29, 0.717) is 0 Å². The first kappa shape index (κ1) is 32.5. The van der Waals surface area contributed by atoms with E-state index in [-0.39, 0.29) is 40.1 Å². The van der Waals surface area contributed by atoms with E-state index in [1.54, 1.807) is 0 Å². The van der Waals surface area contributed by atoms with Crippen LogP contribution >= 0.6 is 0 Å². The standard InChI is InChI=1S/C20H44N.2BrH.H3N/c1-5-6-7-8-9-10-11-12-13-14-15-16-17-18-19-20-21(2,3)4;;;/h5-20H2,1-4H3;2*1H;1H3/q+1;;;/p-1. The number of halogens is 2. The first-order valence-corrected chi connectivity index (χ1v) is 9.86. The molecule has 152 valence electrons. The Labute approximate surface area is 175 Å². The zero-order valence-corrected chi connectivity index (χ0v) is 20.7. The van der Waals surface area contributed by atoms with Crippen LogP contribution < -0.4 is 40.1 Å². The van der Waals surface area contributed by atoms with Crippen molar-refractivity contribution in [2.75, 3.05) is 27.7 Å². The fraction of sp³-hybridized carbons (Fsp3) is 1.00. The van der Waals surface area contributed by atoms with Crippen molar-refractivity contribution in [3.8, 4) is 0 Å². The van der Waals surface area contributed by atoms with Gasteiger partial charge in [0.05, 0.1) is 27.7 Å². The molecule has 2 nitrogen and oxygen atoms in total. The molecule has 0 aromatic carbocycles. The van der Waals surface area contributed by atoms with Gasteiger partial charge in [0.15, 0.2) is 0 Å². The van der Waals surface area contributed by atoms with Gasteiger partial charge in [-0.15, -0.1) is 0 Å². The molecule has 0 fully saturated rings. The molecule has 0 rings (SSSR count). The molecule has 4 heteroatoms. The van der Waals surface area contributed by atoms with Gasteiger partial charge in [-0.05, 0) is 12.8 Å². The Balaban J connectivity index is -0.000000667. The molecule has 0 amide bonds. The van der Waals surface area contributed by atoms with Gasteiger partial charge in [0.1, 0.15) is 0 Å². The molecule has 0 aliphatic rings. The molecule has 0 aromatic rings. The first-order valence-electron chi connectivity index (χ1n) is 9.86. The van der Waals surface area contributed by atoms with Crippen LogP contribution in [0.3, 0.4) is 0 Å². The van der Waals surface area contributed by atoms with E-state index < -0.39 is 0 Å². The molecule has 0 saturated carbocycles. The molecule has 24 heavy (non-hydrogen) atoms. The summed E-state index contributed by atoms with van der Waals surface area (Å²) in [5.74, 6) is 0. The van der Waals surface area contributed by atoms with Crippen LogP contribution in [-0.2, 0) is 0 Å². The fourth-order valence-electron chi connectivity index (χ4n) is 2.96. The Morgan fingerprint density at radius 3 is 0.958 bits per heavy atom. The minimum atomic E-state index is 0. The quantitative estimate of drug-likeness (QED) is 0.255. The maximum absolute atomic E-state index is 2.30. The van der Waals surface area contributed by atoms with Crippen molar-refractivity contribution in [3.63, 3.8) is 0 Å². The second-order valence-corrected chi connectivity index (χ2v) is 7.96. The molecular weight excluding hydrogens is 428 g/mol. The lowest BCUT2D eigenvalue weighted by atomic mass is 10.0. The molecule has 0 spiro atoms. The summed E-state index contributed by atoms with van der Waals surface area (Å²) >= 11 is 0. The molecule has 4 N–H and O–H groups in total. The lowest BCUT2D eigenvalue weighted by Crippen LogP contribution is -3.00. The number of nitrogens with zero attached hydrogens (tertiary/aromatic N) is 1. The molecule has 0 unspecified atom stereocenters. The average Bonchev–Trinajstić information content (AvgIpc) is 2.42. The second-order valence-electron chi connectivity index (χ2n) is 7.96. The van der Waals surface area contributed by atoms with Crippen LogP contribution in [0.25, 0.3) is 0 Å². The van der Waals surface area contributed by atoms with Gasteiger partial charge in [0.2, 0.25) is 0 Å². The van der Waals surface area contributed by atoms with E-state index in [4.69, 9.17) is 0 Å². The van der Waals surface area contributed by atoms with Crippen molar-refractivity contribution in [2.45, 2.75) is 103 Å². The number of rotatable bonds is 16. The van der Waals surface area contributed by atoms with Crippen LogP contribution in [-0.4, -0.2) is 32.2 Å². The molecule has 0 aliphatic carbocycles. The van der Waals surface area contributed by atoms with Crippen LogP contribution in [0.4, 0.5) is 0 Å². The molecule has 0 radical (unpaired) electrons. The Morgan fingerprint density at radius 2 is 0.708 bits per heavy atom. The Hall–Kier alpha value is 0.880. The lowest BCUT2D eigenvalue weighted by Gasteiger charge is -2.23. The second kappa shape index (κ2) is 23.9. The van der Waals surface area contributed by atoms with Gasteiger partial charge in [-0.25, -0.2) is 0 Å². The van der Waals surface area contributed by atoms with Crippen LogP contribution in [0.1, 0.15) is 103 Å². The fourth-order valence-corrected chi connectivity index (χ4v) is 2.96. The molecule has 0 aliphatic heterocycles. The highest BCUT2D eigenvalue weighted by molar-refractivity contribution is 4.49. The van der Waals surface area contributed by atoms with Crippen molar-refractivity contribution in [1.82, 2.24) is 6.15 Å². The number of hydrogen-bond acceptors (Lipinski definition) is 0. The highest BCUT2D eigenvalue weighted by atomic mass is 79.9. The largest absolute Gasteiger partial charge is 1.00 e. The van der Waals surface area contributed by atoms with Crippen LogP contribution in [0.5, 0.6) is 0 Å². The van der Waals surface area contributed by atoms with E-state index >= 15 is 0 Å². The molecular formula is C20H48Br2N2. The summed E-state index contributed by atoms with van der Waals surface area (Å²) in [6, 6.07) is 0. The van der Waals surface area contributed by atoms with Gasteiger partial charge in [-0.1, -0.05) is 90.4 Å². The van der Waals surface area contributed by atoms with Crippen molar-refractivity contribution in [1.29, 1.82) is 0 Å². The number of hydrogen-bond donors (Lipinski definition) is 1. The van der Waals surface area contributed by atoms with Crippen LogP contribution in [0, 0.1) is 0 Å². The normalized spacial score (nSPS) is 10.5. The van der Waals surface area contributed by atoms with Crippen molar-refractivity contribution >= 4 is 0 Å². The van der Waals surface area contributed by atoms with Gasteiger partial charge in [0, 0.05) is 0 Å². The van der Waals surface area contributed by atoms with Gasteiger partial charge < -0.3 is 44.6 Å². The highest BCUT2D eigenvalue weighted by Crippen LogP contribution is 2.13. The highest BCUT2D eigenvalue weighted by Gasteiger charge is 2.04. The third-order valence-electron chi connectivity index (χ3n) is 4.43.